The molecule has 2 rings (SSSR count). The van der Waals surface area contributed by atoms with Gasteiger partial charge in [0.05, 0.1) is 10.4 Å². The second kappa shape index (κ2) is 5.92. The summed E-state index contributed by atoms with van der Waals surface area (Å²) in [6, 6.07) is 7.80. The summed E-state index contributed by atoms with van der Waals surface area (Å²) < 4.78 is 0. The van der Waals surface area contributed by atoms with Crippen LogP contribution >= 0.6 is 24.0 Å². The first-order valence-electron chi connectivity index (χ1n) is 6.34. The number of nitrogens with one attached hydrogen (secondary N) is 1. The SMILES string of the molecule is CSc1cccc(NC(=O)C2(C(N)=S)CCCC2)c1. The van der Waals surface area contributed by atoms with Gasteiger partial charge in [0.1, 0.15) is 0 Å². The number of benzene rings is 1. The van der Waals surface area contributed by atoms with Gasteiger partial charge in [-0.05, 0) is 37.3 Å². The number of nitrogens with two attached hydrogens (primary N) is 1. The first-order valence-corrected chi connectivity index (χ1v) is 7.97. The molecule has 19 heavy (non-hydrogen) atoms. The summed E-state index contributed by atoms with van der Waals surface area (Å²) in [6.07, 6.45) is 5.55. The lowest BCUT2D eigenvalue weighted by atomic mass is 9.85. The number of thioether (sulfide) groups is 1. The van der Waals surface area contributed by atoms with Crippen LogP contribution < -0.4 is 11.1 Å². The summed E-state index contributed by atoms with van der Waals surface area (Å²) in [4.78, 5) is 13.9. The molecule has 1 fully saturated rings. The number of anilines is 1. The van der Waals surface area contributed by atoms with Crippen molar-refractivity contribution in [2.45, 2.75) is 30.6 Å². The molecule has 102 valence electrons. The average Bonchev–Trinajstić information content (AvgIpc) is 2.89. The fourth-order valence-electron chi connectivity index (χ4n) is 2.52. The van der Waals surface area contributed by atoms with Crippen LogP contribution in [0, 0.1) is 5.41 Å². The summed E-state index contributed by atoms with van der Waals surface area (Å²) in [5.74, 6) is -0.0595. The quantitative estimate of drug-likeness (QED) is 0.661. The minimum absolute atomic E-state index is 0.0595. The van der Waals surface area contributed by atoms with Gasteiger partial charge in [0.2, 0.25) is 5.91 Å². The van der Waals surface area contributed by atoms with E-state index in [1.807, 2.05) is 30.5 Å². The van der Waals surface area contributed by atoms with Crippen molar-refractivity contribution < 1.29 is 4.79 Å². The van der Waals surface area contributed by atoms with Gasteiger partial charge in [0, 0.05) is 10.6 Å². The van der Waals surface area contributed by atoms with Crippen LogP contribution in [0.1, 0.15) is 25.7 Å². The van der Waals surface area contributed by atoms with Crippen LogP contribution in [0.5, 0.6) is 0 Å². The van der Waals surface area contributed by atoms with Gasteiger partial charge in [-0.3, -0.25) is 4.79 Å². The summed E-state index contributed by atoms with van der Waals surface area (Å²) in [6.45, 7) is 0. The molecule has 1 aliphatic rings. The molecule has 1 aromatic carbocycles. The highest BCUT2D eigenvalue weighted by molar-refractivity contribution is 7.98. The molecule has 0 saturated heterocycles. The first-order chi connectivity index (χ1) is 9.08. The van der Waals surface area contributed by atoms with Crippen molar-refractivity contribution in [3.8, 4) is 0 Å². The minimum atomic E-state index is -0.648. The Morgan fingerprint density at radius 2 is 2.11 bits per heavy atom. The molecule has 3 N–H and O–H groups in total. The van der Waals surface area contributed by atoms with Gasteiger partial charge in [-0.2, -0.15) is 0 Å². The third-order valence-electron chi connectivity index (χ3n) is 3.69. The highest BCUT2D eigenvalue weighted by Crippen LogP contribution is 2.39. The van der Waals surface area contributed by atoms with Crippen LogP contribution in [0.15, 0.2) is 29.2 Å². The van der Waals surface area contributed by atoms with Crippen molar-refractivity contribution in [3.05, 3.63) is 24.3 Å². The monoisotopic (exact) mass is 294 g/mol. The Kier molecular flexibility index (Phi) is 4.47. The highest BCUT2D eigenvalue weighted by Gasteiger charge is 2.43. The number of hydrogen-bond donors (Lipinski definition) is 2. The van der Waals surface area contributed by atoms with E-state index >= 15 is 0 Å². The van der Waals surface area contributed by atoms with Gasteiger partial charge in [-0.1, -0.05) is 31.1 Å². The van der Waals surface area contributed by atoms with E-state index in [9.17, 15) is 4.79 Å². The van der Waals surface area contributed by atoms with E-state index in [0.717, 1.165) is 36.3 Å². The first kappa shape index (κ1) is 14.3. The van der Waals surface area contributed by atoms with Crippen LogP contribution in [-0.2, 0) is 4.79 Å². The molecule has 0 unspecified atom stereocenters. The summed E-state index contributed by atoms with van der Waals surface area (Å²) in [7, 11) is 0. The lowest BCUT2D eigenvalue weighted by Crippen LogP contribution is -2.43. The maximum atomic E-state index is 12.5. The molecule has 0 radical (unpaired) electrons. The Morgan fingerprint density at radius 1 is 1.42 bits per heavy atom. The zero-order valence-corrected chi connectivity index (χ0v) is 12.6. The van der Waals surface area contributed by atoms with Crippen LogP contribution in [0.4, 0.5) is 5.69 Å². The molecule has 1 amide bonds. The Balaban J connectivity index is 2.17. The predicted octanol–water partition coefficient (Wildman–Crippen LogP) is 3.19. The second-order valence-electron chi connectivity index (χ2n) is 4.84. The van der Waals surface area contributed by atoms with Gasteiger partial charge < -0.3 is 11.1 Å². The average molecular weight is 294 g/mol. The zero-order valence-electron chi connectivity index (χ0n) is 10.9. The van der Waals surface area contributed by atoms with Crippen molar-refractivity contribution >= 4 is 40.6 Å². The van der Waals surface area contributed by atoms with Crippen LogP contribution in [0.3, 0.4) is 0 Å². The maximum Gasteiger partial charge on any atom is 0.237 e. The number of thiocarbonyl (C=S) groups is 1. The number of carbonyl (C=O) groups is 1. The molecular weight excluding hydrogens is 276 g/mol. The Morgan fingerprint density at radius 3 is 2.68 bits per heavy atom. The van der Waals surface area contributed by atoms with Gasteiger partial charge in [-0.25, -0.2) is 0 Å². The zero-order chi connectivity index (χ0) is 13.9. The predicted molar refractivity (Wildman–Crippen MR) is 84.5 cm³/mol. The van der Waals surface area contributed by atoms with Crippen molar-refractivity contribution in [2.75, 3.05) is 11.6 Å². The second-order valence-corrected chi connectivity index (χ2v) is 6.16. The fourth-order valence-corrected chi connectivity index (χ4v) is 3.27. The number of hydrogen-bond acceptors (Lipinski definition) is 3. The van der Waals surface area contributed by atoms with Gasteiger partial charge in [0.15, 0.2) is 0 Å². The largest absolute Gasteiger partial charge is 0.392 e. The molecule has 3 nitrogen and oxygen atoms in total. The van der Waals surface area contributed by atoms with Gasteiger partial charge in [-0.15, -0.1) is 11.8 Å². The van der Waals surface area contributed by atoms with E-state index in [0.29, 0.717) is 4.99 Å². The fraction of sp³-hybridized carbons (Fsp3) is 0.429. The van der Waals surface area contributed by atoms with E-state index in [4.69, 9.17) is 18.0 Å². The van der Waals surface area contributed by atoms with Crippen molar-refractivity contribution in [1.82, 2.24) is 0 Å². The Bertz CT molecular complexity index is 496. The standard InChI is InChI=1S/C14H18N2OS2/c1-19-11-6-4-5-10(9-11)16-13(17)14(12(15)18)7-2-3-8-14/h4-6,9H,2-3,7-8H2,1H3,(H2,15,18)(H,16,17). The maximum absolute atomic E-state index is 12.5. The molecule has 0 aromatic heterocycles. The molecule has 0 heterocycles. The van der Waals surface area contributed by atoms with E-state index in [-0.39, 0.29) is 5.91 Å². The van der Waals surface area contributed by atoms with Crippen LogP contribution in [-0.4, -0.2) is 17.2 Å². The Hall–Kier alpha value is -1.07. The van der Waals surface area contributed by atoms with Crippen molar-refractivity contribution in [1.29, 1.82) is 0 Å². The summed E-state index contributed by atoms with van der Waals surface area (Å²) in [5.41, 5.74) is 5.97. The molecule has 0 spiro atoms. The van der Waals surface area contributed by atoms with E-state index < -0.39 is 5.41 Å². The normalized spacial score (nSPS) is 17.1. The molecule has 1 saturated carbocycles. The smallest absolute Gasteiger partial charge is 0.237 e. The molecular formula is C14H18N2OS2. The number of rotatable bonds is 4. The molecule has 0 aliphatic heterocycles. The topological polar surface area (TPSA) is 55.1 Å². The lowest BCUT2D eigenvalue weighted by molar-refractivity contribution is -0.122. The molecule has 1 aliphatic carbocycles. The third-order valence-corrected chi connectivity index (χ3v) is 4.81. The Labute approximate surface area is 123 Å². The van der Waals surface area contributed by atoms with E-state index in [2.05, 4.69) is 5.32 Å². The minimum Gasteiger partial charge on any atom is -0.392 e. The van der Waals surface area contributed by atoms with Crippen LogP contribution in [0.2, 0.25) is 0 Å². The van der Waals surface area contributed by atoms with Crippen molar-refractivity contribution in [3.63, 3.8) is 0 Å². The highest BCUT2D eigenvalue weighted by atomic mass is 32.2. The third kappa shape index (κ3) is 2.92. The van der Waals surface area contributed by atoms with E-state index in [1.54, 1.807) is 11.8 Å². The summed E-state index contributed by atoms with van der Waals surface area (Å²) in [5, 5.41) is 2.96. The van der Waals surface area contributed by atoms with E-state index in [1.165, 1.54) is 0 Å². The molecule has 0 atom stereocenters. The lowest BCUT2D eigenvalue weighted by Gasteiger charge is -2.26. The van der Waals surface area contributed by atoms with Crippen LogP contribution in [0.25, 0.3) is 0 Å². The molecule has 1 aromatic rings. The number of carbonyl (C=O) groups excluding carboxylic acids is 1. The van der Waals surface area contributed by atoms with Gasteiger partial charge >= 0.3 is 0 Å². The number of amides is 1. The molecule has 5 heteroatoms. The van der Waals surface area contributed by atoms with Gasteiger partial charge in [0.25, 0.3) is 0 Å². The van der Waals surface area contributed by atoms with Crippen molar-refractivity contribution in [2.24, 2.45) is 11.1 Å². The molecule has 0 bridgehead atoms. The summed E-state index contributed by atoms with van der Waals surface area (Å²) >= 11 is 6.77.